The molecule has 0 aliphatic carbocycles. The molecule has 2 unspecified atom stereocenters. The van der Waals surface area contributed by atoms with Gasteiger partial charge in [0.2, 0.25) is 0 Å². The van der Waals surface area contributed by atoms with E-state index in [1.54, 1.807) is 6.07 Å². The molecule has 3 N–H and O–H groups in total. The maximum absolute atomic E-state index is 12.1. The molecule has 26 heavy (non-hydrogen) atoms. The van der Waals surface area contributed by atoms with Crippen molar-refractivity contribution in [2.45, 2.75) is 24.0 Å². The molecular weight excluding hydrogens is 377 g/mol. The van der Waals surface area contributed by atoms with Gasteiger partial charge in [-0.15, -0.1) is 11.6 Å². The third-order valence-corrected chi connectivity index (χ3v) is 4.07. The summed E-state index contributed by atoms with van der Waals surface area (Å²) in [6.07, 6.45) is -4.25. The summed E-state index contributed by atoms with van der Waals surface area (Å²) in [5.41, 5.74) is 0.723. The molecule has 3 rings (SSSR count). The summed E-state index contributed by atoms with van der Waals surface area (Å²) >= 11 is 6.19. The number of fused-ring (bicyclic) bond motifs is 1. The Labute approximate surface area is 151 Å². The highest BCUT2D eigenvalue weighted by Gasteiger charge is 2.38. The molecule has 2 heterocycles. The maximum Gasteiger partial charge on any atom is 0.490 e. The van der Waals surface area contributed by atoms with Gasteiger partial charge in [-0.2, -0.15) is 13.2 Å². The molecule has 1 saturated heterocycles. The van der Waals surface area contributed by atoms with Crippen molar-refractivity contribution in [3.05, 3.63) is 36.1 Å². The standard InChI is InChI=1S/C14H15ClN2O2.C2HF3O2/c15-10-8-16-6-5-11(10)17-14(18)13-7-9-3-1-2-4-12(9)19-13;3-2(4,5)1(6)7/h1-4,7,10-11,16H,5-6,8H2,(H,17,18);(H,6,7). The lowest BCUT2D eigenvalue weighted by Crippen LogP contribution is -2.50. The Morgan fingerprint density at radius 1 is 1.31 bits per heavy atom. The number of aliphatic carboxylic acids is 1. The molecule has 1 aliphatic heterocycles. The monoisotopic (exact) mass is 392 g/mol. The van der Waals surface area contributed by atoms with Crippen molar-refractivity contribution < 1.29 is 32.3 Å². The molecule has 1 fully saturated rings. The Bertz CT molecular complexity index is 745. The van der Waals surface area contributed by atoms with E-state index in [4.69, 9.17) is 25.9 Å². The summed E-state index contributed by atoms with van der Waals surface area (Å²) in [6, 6.07) is 9.32. The first-order chi connectivity index (χ1) is 12.2. The van der Waals surface area contributed by atoms with Gasteiger partial charge in [0.1, 0.15) is 5.58 Å². The number of carbonyl (C=O) groups excluding carboxylic acids is 1. The van der Waals surface area contributed by atoms with E-state index in [2.05, 4.69) is 10.6 Å². The smallest absolute Gasteiger partial charge is 0.475 e. The van der Waals surface area contributed by atoms with E-state index in [0.717, 1.165) is 23.9 Å². The molecule has 1 aromatic carbocycles. The lowest BCUT2D eigenvalue weighted by molar-refractivity contribution is -0.192. The molecule has 142 valence electrons. The van der Waals surface area contributed by atoms with Crippen LogP contribution in [-0.4, -0.2) is 47.7 Å². The largest absolute Gasteiger partial charge is 0.490 e. The molecule has 1 aliphatic rings. The van der Waals surface area contributed by atoms with Gasteiger partial charge in [-0.05, 0) is 25.1 Å². The number of amides is 1. The number of hydrogen-bond acceptors (Lipinski definition) is 4. The van der Waals surface area contributed by atoms with Crippen LogP contribution in [0.2, 0.25) is 0 Å². The maximum atomic E-state index is 12.1. The van der Waals surface area contributed by atoms with Crippen molar-refractivity contribution >= 4 is 34.4 Å². The van der Waals surface area contributed by atoms with E-state index in [-0.39, 0.29) is 17.3 Å². The third kappa shape index (κ3) is 5.37. The van der Waals surface area contributed by atoms with Gasteiger partial charge in [0.15, 0.2) is 5.76 Å². The van der Waals surface area contributed by atoms with Crippen molar-refractivity contribution in [2.75, 3.05) is 13.1 Å². The predicted octanol–water partition coefficient (Wildman–Crippen LogP) is 2.77. The number of para-hydroxylation sites is 1. The number of carbonyl (C=O) groups is 2. The molecule has 10 heteroatoms. The molecule has 0 bridgehead atoms. The number of nitrogens with one attached hydrogen (secondary N) is 2. The Morgan fingerprint density at radius 3 is 2.54 bits per heavy atom. The fourth-order valence-electron chi connectivity index (χ4n) is 2.32. The highest BCUT2D eigenvalue weighted by Crippen LogP contribution is 2.19. The van der Waals surface area contributed by atoms with Crippen LogP contribution in [0.4, 0.5) is 13.2 Å². The van der Waals surface area contributed by atoms with Crippen LogP contribution in [-0.2, 0) is 4.79 Å². The molecule has 0 spiro atoms. The van der Waals surface area contributed by atoms with Crippen LogP contribution in [0.5, 0.6) is 0 Å². The van der Waals surface area contributed by atoms with Gasteiger partial charge in [-0.1, -0.05) is 18.2 Å². The third-order valence-electron chi connectivity index (χ3n) is 3.62. The molecule has 6 nitrogen and oxygen atoms in total. The van der Waals surface area contributed by atoms with E-state index in [1.807, 2.05) is 24.3 Å². The first-order valence-electron chi connectivity index (χ1n) is 7.63. The Hall–Kier alpha value is -2.26. The molecular formula is C16H16ClF3N2O4. The van der Waals surface area contributed by atoms with Crippen LogP contribution in [0.3, 0.4) is 0 Å². The number of carboxylic acids is 1. The number of furan rings is 1. The second kappa shape index (κ2) is 8.41. The average molecular weight is 393 g/mol. The highest BCUT2D eigenvalue weighted by molar-refractivity contribution is 6.21. The quantitative estimate of drug-likeness (QED) is 0.684. The summed E-state index contributed by atoms with van der Waals surface area (Å²) in [6.45, 7) is 1.58. The summed E-state index contributed by atoms with van der Waals surface area (Å²) in [5, 5.41) is 14.1. The summed E-state index contributed by atoms with van der Waals surface area (Å²) in [5.74, 6) is -2.62. The summed E-state index contributed by atoms with van der Waals surface area (Å²) in [7, 11) is 0. The zero-order valence-electron chi connectivity index (χ0n) is 13.3. The van der Waals surface area contributed by atoms with Gasteiger partial charge in [-0.25, -0.2) is 4.79 Å². The van der Waals surface area contributed by atoms with Crippen LogP contribution in [0.1, 0.15) is 17.0 Å². The van der Waals surface area contributed by atoms with E-state index in [1.165, 1.54) is 0 Å². The minimum Gasteiger partial charge on any atom is -0.475 e. The lowest BCUT2D eigenvalue weighted by Gasteiger charge is -2.28. The van der Waals surface area contributed by atoms with Gasteiger partial charge < -0.3 is 20.2 Å². The van der Waals surface area contributed by atoms with Crippen LogP contribution in [0, 0.1) is 0 Å². The van der Waals surface area contributed by atoms with Gasteiger partial charge >= 0.3 is 12.1 Å². The van der Waals surface area contributed by atoms with E-state index in [0.29, 0.717) is 12.3 Å². The molecule has 1 aromatic heterocycles. The summed E-state index contributed by atoms with van der Waals surface area (Å²) in [4.78, 5) is 21.0. The first kappa shape index (κ1) is 20.1. The summed E-state index contributed by atoms with van der Waals surface area (Å²) < 4.78 is 37.3. The van der Waals surface area contributed by atoms with E-state index < -0.39 is 12.1 Å². The highest BCUT2D eigenvalue weighted by atomic mass is 35.5. The Morgan fingerprint density at radius 2 is 1.96 bits per heavy atom. The number of carboxylic acid groups (broad SMARTS) is 1. The Balaban J connectivity index is 0.000000298. The number of halogens is 4. The van der Waals surface area contributed by atoms with Gasteiger partial charge in [0.05, 0.1) is 5.38 Å². The Kier molecular flexibility index (Phi) is 6.49. The van der Waals surface area contributed by atoms with Crippen molar-refractivity contribution in [3.8, 4) is 0 Å². The predicted molar refractivity (Wildman–Crippen MR) is 88.3 cm³/mol. The van der Waals surface area contributed by atoms with Crippen molar-refractivity contribution in [1.29, 1.82) is 0 Å². The topological polar surface area (TPSA) is 91.6 Å². The van der Waals surface area contributed by atoms with Crippen LogP contribution < -0.4 is 10.6 Å². The average Bonchev–Trinajstić information content (AvgIpc) is 3.01. The van der Waals surface area contributed by atoms with E-state index >= 15 is 0 Å². The molecule has 1 amide bonds. The van der Waals surface area contributed by atoms with Crippen LogP contribution in [0.15, 0.2) is 34.7 Å². The zero-order valence-corrected chi connectivity index (χ0v) is 14.1. The molecule has 0 saturated carbocycles. The first-order valence-corrected chi connectivity index (χ1v) is 8.06. The number of alkyl halides is 4. The minimum atomic E-state index is -5.08. The number of benzene rings is 1. The molecule has 2 atom stereocenters. The van der Waals surface area contributed by atoms with E-state index in [9.17, 15) is 18.0 Å². The minimum absolute atomic E-state index is 0.0105. The molecule has 2 aromatic rings. The number of rotatable bonds is 2. The molecule has 0 radical (unpaired) electrons. The second-order valence-electron chi connectivity index (χ2n) is 5.54. The van der Waals surface area contributed by atoms with Crippen molar-refractivity contribution in [2.24, 2.45) is 0 Å². The SMILES string of the molecule is O=C(NC1CCNCC1Cl)c1cc2ccccc2o1.O=C(O)C(F)(F)F. The zero-order chi connectivity index (χ0) is 19.3. The number of hydrogen-bond donors (Lipinski definition) is 3. The van der Waals surface area contributed by atoms with Gasteiger partial charge in [-0.3, -0.25) is 4.79 Å². The fraction of sp³-hybridized carbons (Fsp3) is 0.375. The number of piperidine rings is 1. The van der Waals surface area contributed by atoms with Crippen LogP contribution in [0.25, 0.3) is 11.0 Å². The van der Waals surface area contributed by atoms with Crippen molar-refractivity contribution in [3.63, 3.8) is 0 Å². The normalized spacial score (nSPS) is 20.2. The fourth-order valence-corrected chi connectivity index (χ4v) is 2.61. The van der Waals surface area contributed by atoms with Crippen LogP contribution >= 0.6 is 11.6 Å². The lowest BCUT2D eigenvalue weighted by atomic mass is 10.1. The van der Waals surface area contributed by atoms with Gasteiger partial charge in [0.25, 0.3) is 5.91 Å². The second-order valence-corrected chi connectivity index (χ2v) is 6.10. The van der Waals surface area contributed by atoms with Gasteiger partial charge in [0, 0.05) is 18.0 Å². The van der Waals surface area contributed by atoms with Crippen molar-refractivity contribution in [1.82, 2.24) is 10.6 Å².